The van der Waals surface area contributed by atoms with Gasteiger partial charge in [-0.25, -0.2) is 9.37 Å². The molecule has 0 spiro atoms. The molecule has 21 heavy (non-hydrogen) atoms. The summed E-state index contributed by atoms with van der Waals surface area (Å²) in [5, 5.41) is 3.23. The van der Waals surface area contributed by atoms with Crippen LogP contribution in [0.5, 0.6) is 0 Å². The van der Waals surface area contributed by atoms with Gasteiger partial charge in [-0.3, -0.25) is 9.59 Å². The maximum atomic E-state index is 12.8. The molecule has 0 aliphatic heterocycles. The third-order valence-corrected chi connectivity index (χ3v) is 3.96. The predicted octanol–water partition coefficient (Wildman–Crippen LogP) is 2.05. The van der Waals surface area contributed by atoms with Crippen molar-refractivity contribution in [1.29, 1.82) is 0 Å². The number of hydrogen-bond acceptors (Lipinski definition) is 4. The predicted molar refractivity (Wildman–Crippen MR) is 77.8 cm³/mol. The molecule has 1 amide bonds. The lowest BCUT2D eigenvalue weighted by Gasteiger charge is -2.03. The minimum Gasteiger partial charge on any atom is -0.347 e. The van der Waals surface area contributed by atoms with Crippen LogP contribution in [0.1, 0.15) is 15.2 Å². The molecule has 0 bridgehead atoms. The minimum atomic E-state index is -0.388. The Balaban J connectivity index is 1.74. The number of H-pyrrole nitrogens is 1. The number of fused-ring (bicyclic) bond motifs is 1. The van der Waals surface area contributed by atoms with Gasteiger partial charge in [-0.2, -0.15) is 0 Å². The lowest BCUT2D eigenvalue weighted by atomic mass is 10.2. The number of carbonyl (C=O) groups is 1. The summed E-state index contributed by atoms with van der Waals surface area (Å²) in [7, 11) is 0. The molecule has 7 heteroatoms. The number of nitrogens with zero attached hydrogens (tertiary/aromatic N) is 1. The molecule has 0 atom stereocenters. The van der Waals surface area contributed by atoms with Crippen LogP contribution in [0.25, 0.3) is 10.2 Å². The van der Waals surface area contributed by atoms with Crippen LogP contribution < -0.4 is 10.9 Å². The van der Waals surface area contributed by atoms with Gasteiger partial charge in [0.05, 0.1) is 18.3 Å². The van der Waals surface area contributed by atoms with Crippen molar-refractivity contribution in [2.75, 3.05) is 0 Å². The third-order valence-electron chi connectivity index (χ3n) is 2.92. The lowest BCUT2D eigenvalue weighted by Crippen LogP contribution is -2.22. The highest BCUT2D eigenvalue weighted by Crippen LogP contribution is 2.20. The van der Waals surface area contributed by atoms with E-state index >= 15 is 0 Å². The van der Waals surface area contributed by atoms with Gasteiger partial charge < -0.3 is 10.3 Å². The van der Waals surface area contributed by atoms with Crippen molar-refractivity contribution >= 4 is 27.5 Å². The molecule has 2 aromatic heterocycles. The van der Waals surface area contributed by atoms with Gasteiger partial charge in [0.15, 0.2) is 0 Å². The van der Waals surface area contributed by atoms with E-state index in [2.05, 4.69) is 15.3 Å². The molecule has 5 nitrogen and oxygen atoms in total. The fraction of sp³-hybridized carbons (Fsp3) is 0.0714. The van der Waals surface area contributed by atoms with Crippen molar-refractivity contribution in [2.45, 2.75) is 6.54 Å². The van der Waals surface area contributed by atoms with E-state index in [4.69, 9.17) is 0 Å². The van der Waals surface area contributed by atoms with Crippen LogP contribution in [0, 0.1) is 5.82 Å². The molecule has 0 fully saturated rings. The fourth-order valence-electron chi connectivity index (χ4n) is 1.88. The quantitative estimate of drug-likeness (QED) is 0.777. The van der Waals surface area contributed by atoms with Gasteiger partial charge >= 0.3 is 0 Å². The largest absolute Gasteiger partial charge is 0.347 e. The Morgan fingerprint density at radius 3 is 2.81 bits per heavy atom. The van der Waals surface area contributed by atoms with E-state index in [1.165, 1.54) is 41.9 Å². The average Bonchev–Trinajstić information content (AvgIpc) is 2.90. The van der Waals surface area contributed by atoms with E-state index in [0.717, 1.165) is 4.88 Å². The standard InChI is InChI=1S/C14H10FN3O2S/c15-9-3-1-8(2-4-9)12(19)16-6-10-5-11-13(20)17-7-18-14(11)21-10/h1-5,7H,6H2,(H,16,19)(H,17,18,20). The first-order valence-electron chi connectivity index (χ1n) is 6.13. The number of thiophene rings is 1. The average molecular weight is 303 g/mol. The van der Waals surface area contributed by atoms with Crippen LogP contribution >= 0.6 is 11.3 Å². The molecule has 0 aliphatic rings. The summed E-state index contributed by atoms with van der Waals surface area (Å²) in [5.41, 5.74) is 0.181. The minimum absolute atomic E-state index is 0.202. The van der Waals surface area contributed by atoms with Crippen molar-refractivity contribution in [1.82, 2.24) is 15.3 Å². The zero-order valence-electron chi connectivity index (χ0n) is 10.7. The maximum Gasteiger partial charge on any atom is 0.259 e. The second kappa shape index (κ2) is 5.45. The van der Waals surface area contributed by atoms with Gasteiger partial charge in [-0.1, -0.05) is 0 Å². The molecule has 1 aromatic carbocycles. The third kappa shape index (κ3) is 2.82. The van der Waals surface area contributed by atoms with Crippen LogP contribution in [0.4, 0.5) is 4.39 Å². The van der Waals surface area contributed by atoms with Crippen molar-refractivity contribution in [2.24, 2.45) is 0 Å². The number of aromatic nitrogens is 2. The zero-order chi connectivity index (χ0) is 14.8. The normalized spacial score (nSPS) is 10.7. The van der Waals surface area contributed by atoms with E-state index in [0.29, 0.717) is 15.8 Å². The summed E-state index contributed by atoms with van der Waals surface area (Å²) in [6.07, 6.45) is 1.35. The number of amides is 1. The second-order valence-corrected chi connectivity index (χ2v) is 5.47. The van der Waals surface area contributed by atoms with E-state index in [-0.39, 0.29) is 23.8 Å². The molecule has 2 heterocycles. The maximum absolute atomic E-state index is 12.8. The summed E-state index contributed by atoms with van der Waals surface area (Å²) < 4.78 is 12.8. The first-order valence-corrected chi connectivity index (χ1v) is 6.95. The van der Waals surface area contributed by atoms with Crippen molar-refractivity contribution in [3.05, 3.63) is 63.3 Å². The zero-order valence-corrected chi connectivity index (χ0v) is 11.5. The Bertz CT molecular complexity index is 855. The van der Waals surface area contributed by atoms with Crippen LogP contribution in [-0.2, 0) is 6.54 Å². The molecule has 3 aromatic rings. The molecule has 3 rings (SSSR count). The fourth-order valence-corrected chi connectivity index (χ4v) is 2.81. The van der Waals surface area contributed by atoms with E-state index in [1.54, 1.807) is 6.07 Å². The number of rotatable bonds is 3. The SMILES string of the molecule is O=C(NCc1cc2c(=O)[nH]cnc2s1)c1ccc(F)cc1. The number of halogens is 1. The molecule has 2 N–H and O–H groups in total. The Hall–Kier alpha value is -2.54. The number of benzene rings is 1. The van der Waals surface area contributed by atoms with Gasteiger partial charge in [0.1, 0.15) is 10.6 Å². The van der Waals surface area contributed by atoms with Gasteiger partial charge in [0.25, 0.3) is 11.5 Å². The van der Waals surface area contributed by atoms with E-state index in [1.807, 2.05) is 0 Å². The summed E-state index contributed by atoms with van der Waals surface area (Å²) in [6.45, 7) is 0.288. The highest BCUT2D eigenvalue weighted by Gasteiger charge is 2.09. The molecular weight excluding hydrogens is 293 g/mol. The number of nitrogens with one attached hydrogen (secondary N) is 2. The Morgan fingerprint density at radius 1 is 1.33 bits per heavy atom. The monoisotopic (exact) mass is 303 g/mol. The van der Waals surface area contributed by atoms with Gasteiger partial charge in [0.2, 0.25) is 0 Å². The second-order valence-electron chi connectivity index (χ2n) is 4.35. The van der Waals surface area contributed by atoms with Gasteiger partial charge in [-0.05, 0) is 30.3 Å². The first-order chi connectivity index (χ1) is 10.1. The first kappa shape index (κ1) is 13.4. The lowest BCUT2D eigenvalue weighted by molar-refractivity contribution is 0.0951. The van der Waals surface area contributed by atoms with E-state index in [9.17, 15) is 14.0 Å². The number of hydrogen-bond donors (Lipinski definition) is 2. The Morgan fingerprint density at radius 2 is 2.10 bits per heavy atom. The molecule has 0 radical (unpaired) electrons. The summed E-state index contributed by atoms with van der Waals surface area (Å²) in [4.78, 5) is 31.5. The summed E-state index contributed by atoms with van der Waals surface area (Å²) >= 11 is 1.35. The van der Waals surface area contributed by atoms with E-state index < -0.39 is 0 Å². The number of carbonyl (C=O) groups excluding carboxylic acids is 1. The molecule has 106 valence electrons. The van der Waals surface area contributed by atoms with Crippen LogP contribution in [0.3, 0.4) is 0 Å². The van der Waals surface area contributed by atoms with Gasteiger partial charge in [-0.15, -0.1) is 11.3 Å². The van der Waals surface area contributed by atoms with Crippen molar-refractivity contribution in [3.63, 3.8) is 0 Å². The molecule has 0 unspecified atom stereocenters. The van der Waals surface area contributed by atoms with Crippen molar-refractivity contribution < 1.29 is 9.18 Å². The Kier molecular flexibility index (Phi) is 3.49. The molecule has 0 saturated heterocycles. The highest BCUT2D eigenvalue weighted by atomic mass is 32.1. The van der Waals surface area contributed by atoms with Crippen LogP contribution in [0.15, 0.2) is 41.5 Å². The summed E-state index contributed by atoms with van der Waals surface area (Å²) in [6, 6.07) is 7.01. The smallest absolute Gasteiger partial charge is 0.259 e. The highest BCUT2D eigenvalue weighted by molar-refractivity contribution is 7.18. The van der Waals surface area contributed by atoms with Crippen LogP contribution in [0.2, 0.25) is 0 Å². The molecular formula is C14H10FN3O2S. The Labute approximate surface area is 122 Å². The van der Waals surface area contributed by atoms with Gasteiger partial charge in [0, 0.05) is 10.4 Å². The van der Waals surface area contributed by atoms with Crippen LogP contribution in [-0.4, -0.2) is 15.9 Å². The number of aromatic amines is 1. The summed E-state index contributed by atoms with van der Waals surface area (Å²) in [5.74, 6) is -0.685. The molecule has 0 saturated carbocycles. The topological polar surface area (TPSA) is 74.8 Å². The van der Waals surface area contributed by atoms with Crippen molar-refractivity contribution in [3.8, 4) is 0 Å². The molecule has 0 aliphatic carbocycles.